The van der Waals surface area contributed by atoms with Crippen LogP contribution in [-0.2, 0) is 20.8 Å². The fraction of sp³-hybridized carbons (Fsp3) is 0.481. The Morgan fingerprint density at radius 3 is 2.36 bits per heavy atom. The van der Waals surface area contributed by atoms with Gasteiger partial charge in [-0.15, -0.1) is 0 Å². The molecule has 0 aliphatic rings. The summed E-state index contributed by atoms with van der Waals surface area (Å²) in [6.45, 7) is 8.18. The maximum atomic E-state index is 13.5. The fourth-order valence-corrected chi connectivity index (χ4v) is 3.74. The summed E-state index contributed by atoms with van der Waals surface area (Å²) in [6.07, 6.45) is 8.30. The van der Waals surface area contributed by atoms with Gasteiger partial charge in [-0.3, -0.25) is 24.6 Å². The maximum Gasteiger partial charge on any atom is 0.268 e. The number of imidazole rings is 1. The van der Waals surface area contributed by atoms with Crippen molar-refractivity contribution >= 4 is 23.8 Å². The number of aryl methyl sites for hydroxylation is 1. The molecule has 2 aromatic rings. The lowest BCUT2D eigenvalue weighted by Gasteiger charge is -2.40. The maximum absolute atomic E-state index is 13.5. The Hall–Kier alpha value is -3.46. The average Bonchev–Trinajstić information content (AvgIpc) is 3.38. The van der Waals surface area contributed by atoms with Gasteiger partial charge in [0.05, 0.1) is 6.33 Å². The number of aromatic amines is 1. The number of H-pyrrole nitrogens is 1. The molecule has 3 N–H and O–H groups in total. The van der Waals surface area contributed by atoms with Crippen LogP contribution in [0.5, 0.6) is 0 Å². The minimum absolute atomic E-state index is 0.0409. The van der Waals surface area contributed by atoms with Crippen LogP contribution in [0.1, 0.15) is 64.6 Å². The Morgan fingerprint density at radius 2 is 1.78 bits per heavy atom. The standard InChI is InChI=1S/C27H39N5O4/c1-20(2)13-15-26(34)32(24(27(35)30-36)12-8-11-22-9-6-5-7-10-22)31(18-21(3)4)25(33)16-14-23-17-28-19-29-23/h5-11,17,19-21,24,36H,12-16,18H2,1-4H3,(H,28,29)(H,30,35)/t24-/m0/s1. The van der Waals surface area contributed by atoms with E-state index in [9.17, 15) is 19.6 Å². The minimum Gasteiger partial charge on any atom is -0.348 e. The van der Waals surface area contributed by atoms with Gasteiger partial charge in [0.15, 0.2) is 0 Å². The Kier molecular flexibility index (Phi) is 11.9. The SMILES string of the molecule is CC(C)CCC(=O)N([C@@H](CC=Cc1ccccc1)C(=O)NO)N(CC(C)C)C(=O)CCc1cnc[nH]1. The molecule has 9 nitrogen and oxygen atoms in total. The first-order valence-corrected chi connectivity index (χ1v) is 12.5. The molecule has 0 bridgehead atoms. The van der Waals surface area contributed by atoms with Gasteiger partial charge in [-0.05, 0) is 36.7 Å². The number of amides is 3. The van der Waals surface area contributed by atoms with Gasteiger partial charge in [0.2, 0.25) is 11.8 Å². The molecule has 0 saturated heterocycles. The van der Waals surface area contributed by atoms with E-state index in [-0.39, 0.29) is 49.5 Å². The van der Waals surface area contributed by atoms with Crippen LogP contribution in [0.15, 0.2) is 48.9 Å². The van der Waals surface area contributed by atoms with E-state index in [0.717, 1.165) is 11.3 Å². The normalized spacial score (nSPS) is 12.2. The molecule has 0 radical (unpaired) electrons. The zero-order valence-electron chi connectivity index (χ0n) is 21.7. The Labute approximate surface area is 213 Å². The van der Waals surface area contributed by atoms with Crippen LogP contribution in [0.4, 0.5) is 0 Å². The van der Waals surface area contributed by atoms with Gasteiger partial charge in [0, 0.05) is 31.3 Å². The highest BCUT2D eigenvalue weighted by Gasteiger charge is 2.36. The number of carbonyl (C=O) groups is 3. The van der Waals surface area contributed by atoms with E-state index in [4.69, 9.17) is 0 Å². The number of hydroxylamine groups is 1. The Bertz CT molecular complexity index is 973. The van der Waals surface area contributed by atoms with Crippen molar-refractivity contribution in [3.63, 3.8) is 0 Å². The quantitative estimate of drug-likeness (QED) is 0.286. The van der Waals surface area contributed by atoms with Gasteiger partial charge in [0.25, 0.3) is 5.91 Å². The summed E-state index contributed by atoms with van der Waals surface area (Å²) in [7, 11) is 0. The highest BCUT2D eigenvalue weighted by molar-refractivity contribution is 5.89. The fourth-order valence-electron chi connectivity index (χ4n) is 3.74. The molecule has 1 aromatic carbocycles. The third kappa shape index (κ3) is 9.30. The molecule has 0 aliphatic heterocycles. The predicted octanol–water partition coefficient (Wildman–Crippen LogP) is 3.98. The van der Waals surface area contributed by atoms with Crippen LogP contribution in [-0.4, -0.2) is 55.5 Å². The van der Waals surface area contributed by atoms with Crippen LogP contribution in [0.2, 0.25) is 0 Å². The van der Waals surface area contributed by atoms with E-state index in [1.807, 2.05) is 64.1 Å². The molecule has 1 atom stereocenters. The molecule has 3 amide bonds. The largest absolute Gasteiger partial charge is 0.348 e. The highest BCUT2D eigenvalue weighted by atomic mass is 16.5. The van der Waals surface area contributed by atoms with E-state index >= 15 is 0 Å². The molecule has 9 heteroatoms. The molecule has 36 heavy (non-hydrogen) atoms. The molecule has 1 aromatic heterocycles. The summed E-state index contributed by atoms with van der Waals surface area (Å²) in [6, 6.07) is 8.47. The van der Waals surface area contributed by atoms with Gasteiger partial charge in [-0.2, -0.15) is 0 Å². The van der Waals surface area contributed by atoms with Gasteiger partial charge < -0.3 is 4.98 Å². The first-order valence-electron chi connectivity index (χ1n) is 12.5. The summed E-state index contributed by atoms with van der Waals surface area (Å²) in [4.78, 5) is 46.8. The van der Waals surface area contributed by atoms with Crippen LogP contribution >= 0.6 is 0 Å². The van der Waals surface area contributed by atoms with E-state index < -0.39 is 11.9 Å². The Balaban J connectivity index is 2.38. The smallest absolute Gasteiger partial charge is 0.268 e. The van der Waals surface area contributed by atoms with Gasteiger partial charge in [0.1, 0.15) is 6.04 Å². The number of hydrogen-bond donors (Lipinski definition) is 3. The molecule has 0 aliphatic carbocycles. The highest BCUT2D eigenvalue weighted by Crippen LogP contribution is 2.19. The van der Waals surface area contributed by atoms with Crippen molar-refractivity contribution in [2.45, 2.75) is 65.8 Å². The lowest BCUT2D eigenvalue weighted by molar-refractivity contribution is -0.175. The first kappa shape index (κ1) is 28.8. The molecule has 1 heterocycles. The molecular formula is C27H39N5O4. The molecule has 196 valence electrons. The Morgan fingerprint density at radius 1 is 1.06 bits per heavy atom. The second kappa shape index (κ2) is 14.8. The van der Waals surface area contributed by atoms with Gasteiger partial charge in [-0.1, -0.05) is 70.2 Å². The van der Waals surface area contributed by atoms with Crippen molar-refractivity contribution in [2.75, 3.05) is 6.54 Å². The first-order chi connectivity index (χ1) is 17.2. The van der Waals surface area contributed by atoms with Crippen molar-refractivity contribution in [2.24, 2.45) is 11.8 Å². The summed E-state index contributed by atoms with van der Waals surface area (Å²) >= 11 is 0. The summed E-state index contributed by atoms with van der Waals surface area (Å²) in [5.41, 5.74) is 3.44. The number of rotatable bonds is 13. The molecule has 0 unspecified atom stereocenters. The second-order valence-corrected chi connectivity index (χ2v) is 9.66. The number of aromatic nitrogens is 2. The zero-order valence-corrected chi connectivity index (χ0v) is 21.7. The predicted molar refractivity (Wildman–Crippen MR) is 138 cm³/mol. The molecule has 0 saturated carbocycles. The van der Waals surface area contributed by atoms with Crippen molar-refractivity contribution in [1.29, 1.82) is 0 Å². The van der Waals surface area contributed by atoms with E-state index in [1.165, 1.54) is 10.0 Å². The molecule has 0 spiro atoms. The summed E-state index contributed by atoms with van der Waals surface area (Å²) in [5, 5.41) is 12.2. The van der Waals surface area contributed by atoms with Crippen molar-refractivity contribution in [3.05, 3.63) is 60.2 Å². The van der Waals surface area contributed by atoms with E-state index in [2.05, 4.69) is 9.97 Å². The summed E-state index contributed by atoms with van der Waals surface area (Å²) < 4.78 is 0. The van der Waals surface area contributed by atoms with Crippen molar-refractivity contribution in [3.8, 4) is 0 Å². The second-order valence-electron chi connectivity index (χ2n) is 9.66. The van der Waals surface area contributed by atoms with Crippen molar-refractivity contribution in [1.82, 2.24) is 25.5 Å². The molecule has 2 rings (SSSR count). The average molecular weight is 498 g/mol. The monoisotopic (exact) mass is 497 g/mol. The van der Waals surface area contributed by atoms with Crippen LogP contribution in [0.3, 0.4) is 0 Å². The lowest BCUT2D eigenvalue weighted by Crippen LogP contribution is -2.59. The number of nitrogens with one attached hydrogen (secondary N) is 2. The number of hydrogen-bond acceptors (Lipinski definition) is 5. The van der Waals surface area contributed by atoms with Crippen LogP contribution in [0, 0.1) is 11.8 Å². The zero-order chi connectivity index (χ0) is 26.5. The minimum atomic E-state index is -1.09. The number of carbonyl (C=O) groups excluding carboxylic acids is 3. The van der Waals surface area contributed by atoms with Crippen molar-refractivity contribution < 1.29 is 19.6 Å². The lowest BCUT2D eigenvalue weighted by atomic mass is 10.1. The van der Waals surface area contributed by atoms with E-state index in [0.29, 0.717) is 12.8 Å². The van der Waals surface area contributed by atoms with Gasteiger partial charge in [-0.25, -0.2) is 15.5 Å². The number of nitrogens with zero attached hydrogens (tertiary/aromatic N) is 3. The molecule has 0 fully saturated rings. The van der Waals surface area contributed by atoms with E-state index in [1.54, 1.807) is 24.1 Å². The number of hydrazine groups is 1. The number of benzene rings is 1. The van der Waals surface area contributed by atoms with Crippen LogP contribution < -0.4 is 5.48 Å². The third-order valence-corrected chi connectivity index (χ3v) is 5.62. The summed E-state index contributed by atoms with van der Waals surface area (Å²) in [5.74, 6) is -1.05. The van der Waals surface area contributed by atoms with Gasteiger partial charge >= 0.3 is 0 Å². The topological polar surface area (TPSA) is 119 Å². The van der Waals surface area contributed by atoms with Crippen LogP contribution in [0.25, 0.3) is 6.08 Å². The third-order valence-electron chi connectivity index (χ3n) is 5.62. The molecular weight excluding hydrogens is 458 g/mol.